The molecule has 0 aliphatic rings. The van der Waals surface area contributed by atoms with Crippen LogP contribution in [0, 0.1) is 5.92 Å². The maximum atomic E-state index is 5.90. The van der Waals surface area contributed by atoms with Gasteiger partial charge in [-0.25, -0.2) is 0 Å². The average molecular weight is 481 g/mol. The lowest BCUT2D eigenvalue weighted by Crippen LogP contribution is -2.44. The maximum absolute atomic E-state index is 5.90. The Morgan fingerprint density at radius 1 is 0.926 bits per heavy atom. The minimum atomic E-state index is 0. The summed E-state index contributed by atoms with van der Waals surface area (Å²) in [7, 11) is 1.80. The first kappa shape index (κ1) is 23.4. The first-order valence-corrected chi connectivity index (χ1v) is 9.25. The van der Waals surface area contributed by atoms with Gasteiger partial charge in [0.1, 0.15) is 0 Å². The second-order valence-electron chi connectivity index (χ2n) is 6.85. The molecular weight excluding hydrogens is 449 g/mol. The van der Waals surface area contributed by atoms with Crippen LogP contribution < -0.4 is 10.6 Å². The van der Waals surface area contributed by atoms with Crippen LogP contribution in [-0.4, -0.2) is 19.0 Å². The number of rotatable bonds is 8. The molecule has 0 spiro atoms. The number of nitrogens with one attached hydrogen (secondary N) is 2. The maximum Gasteiger partial charge on any atom is 0.191 e. The lowest BCUT2D eigenvalue weighted by molar-refractivity contribution is 0.106. The summed E-state index contributed by atoms with van der Waals surface area (Å²) in [5, 5.41) is 6.83. The van der Waals surface area contributed by atoms with Gasteiger partial charge in [0.15, 0.2) is 5.96 Å². The third kappa shape index (κ3) is 8.30. The molecule has 0 saturated heterocycles. The van der Waals surface area contributed by atoms with Crippen LogP contribution >= 0.6 is 24.0 Å². The second-order valence-corrected chi connectivity index (χ2v) is 6.85. The van der Waals surface area contributed by atoms with Crippen molar-refractivity contribution in [2.24, 2.45) is 10.9 Å². The third-order valence-corrected chi connectivity index (χ3v) is 4.52. The molecule has 0 aromatic heterocycles. The molecule has 0 fully saturated rings. The molecule has 2 aromatic rings. The molecule has 4 nitrogen and oxygen atoms in total. The van der Waals surface area contributed by atoms with Gasteiger partial charge in [0.05, 0.1) is 13.2 Å². The fourth-order valence-electron chi connectivity index (χ4n) is 2.48. The highest BCUT2D eigenvalue weighted by Gasteiger charge is 2.09. The van der Waals surface area contributed by atoms with Crippen LogP contribution in [0.5, 0.6) is 0 Å². The van der Waals surface area contributed by atoms with E-state index in [4.69, 9.17) is 4.74 Å². The van der Waals surface area contributed by atoms with Crippen molar-refractivity contribution in [3.05, 3.63) is 71.3 Å². The van der Waals surface area contributed by atoms with Crippen molar-refractivity contribution >= 4 is 29.9 Å². The van der Waals surface area contributed by atoms with Crippen molar-refractivity contribution in [3.8, 4) is 0 Å². The Morgan fingerprint density at radius 2 is 1.56 bits per heavy atom. The summed E-state index contributed by atoms with van der Waals surface area (Å²) in [6.45, 7) is 8.51. The minimum Gasteiger partial charge on any atom is -0.372 e. The van der Waals surface area contributed by atoms with Gasteiger partial charge in [-0.05, 0) is 29.5 Å². The molecular formula is C22H32IN3O. The van der Waals surface area contributed by atoms with Crippen LogP contribution in [-0.2, 0) is 24.5 Å². The second kappa shape index (κ2) is 12.7. The summed E-state index contributed by atoms with van der Waals surface area (Å²) < 4.78 is 5.90. The van der Waals surface area contributed by atoms with Gasteiger partial charge in [0.2, 0.25) is 0 Å². The number of hydrogen-bond acceptors (Lipinski definition) is 2. The lowest BCUT2D eigenvalue weighted by atomic mass is 10.1. The molecule has 0 aliphatic carbocycles. The van der Waals surface area contributed by atoms with Crippen molar-refractivity contribution in [2.45, 2.75) is 46.6 Å². The smallest absolute Gasteiger partial charge is 0.191 e. The zero-order valence-electron chi connectivity index (χ0n) is 16.7. The molecule has 148 valence electrons. The van der Waals surface area contributed by atoms with E-state index in [0.29, 0.717) is 25.2 Å². The Bertz CT molecular complexity index is 689. The van der Waals surface area contributed by atoms with Gasteiger partial charge < -0.3 is 15.4 Å². The van der Waals surface area contributed by atoms with Crippen molar-refractivity contribution in [3.63, 3.8) is 0 Å². The Morgan fingerprint density at radius 3 is 2.19 bits per heavy atom. The number of hydrogen-bond donors (Lipinski definition) is 2. The van der Waals surface area contributed by atoms with Crippen LogP contribution in [0.25, 0.3) is 0 Å². The van der Waals surface area contributed by atoms with E-state index in [1.54, 1.807) is 7.05 Å². The summed E-state index contributed by atoms with van der Waals surface area (Å²) >= 11 is 0. The summed E-state index contributed by atoms with van der Waals surface area (Å²) in [4.78, 5) is 4.32. The lowest BCUT2D eigenvalue weighted by Gasteiger charge is -2.21. The Kier molecular flexibility index (Phi) is 11.0. The van der Waals surface area contributed by atoms with Gasteiger partial charge in [-0.15, -0.1) is 24.0 Å². The quantitative estimate of drug-likeness (QED) is 0.326. The van der Waals surface area contributed by atoms with Gasteiger partial charge in [-0.1, -0.05) is 68.4 Å². The molecule has 0 radical (unpaired) electrons. The molecule has 2 aromatic carbocycles. The van der Waals surface area contributed by atoms with E-state index in [9.17, 15) is 0 Å². The van der Waals surface area contributed by atoms with Gasteiger partial charge >= 0.3 is 0 Å². The highest BCUT2D eigenvalue weighted by molar-refractivity contribution is 14.0. The third-order valence-electron chi connectivity index (χ3n) is 4.52. The van der Waals surface area contributed by atoms with Gasteiger partial charge in [-0.3, -0.25) is 4.99 Å². The fourth-order valence-corrected chi connectivity index (χ4v) is 2.48. The van der Waals surface area contributed by atoms with E-state index in [1.165, 1.54) is 16.7 Å². The number of guanidine groups is 1. The SMILES string of the molecule is CN=C(NCc1ccccc1COCc1ccccc1)NC(C)C(C)C.I. The predicted octanol–water partition coefficient (Wildman–Crippen LogP) is 4.73. The fraction of sp³-hybridized carbons (Fsp3) is 0.409. The van der Waals surface area contributed by atoms with Crippen LogP contribution in [0.15, 0.2) is 59.6 Å². The Labute approximate surface area is 180 Å². The van der Waals surface area contributed by atoms with Crippen LogP contribution in [0.2, 0.25) is 0 Å². The summed E-state index contributed by atoms with van der Waals surface area (Å²) in [6.07, 6.45) is 0. The topological polar surface area (TPSA) is 45.7 Å². The molecule has 2 N–H and O–H groups in total. The van der Waals surface area contributed by atoms with E-state index in [2.05, 4.69) is 72.8 Å². The molecule has 0 bridgehead atoms. The van der Waals surface area contributed by atoms with Crippen molar-refractivity contribution in [2.75, 3.05) is 7.05 Å². The number of ether oxygens (including phenoxy) is 1. The van der Waals surface area contributed by atoms with E-state index >= 15 is 0 Å². The molecule has 27 heavy (non-hydrogen) atoms. The van der Waals surface area contributed by atoms with Crippen molar-refractivity contribution in [1.82, 2.24) is 10.6 Å². The highest BCUT2D eigenvalue weighted by atomic mass is 127. The van der Waals surface area contributed by atoms with E-state index < -0.39 is 0 Å². The van der Waals surface area contributed by atoms with Crippen molar-refractivity contribution in [1.29, 1.82) is 0 Å². The summed E-state index contributed by atoms with van der Waals surface area (Å²) in [6, 6.07) is 19.0. The average Bonchev–Trinajstić information content (AvgIpc) is 2.66. The number of benzene rings is 2. The molecule has 2 rings (SSSR count). The molecule has 5 heteroatoms. The molecule has 0 saturated carbocycles. The largest absolute Gasteiger partial charge is 0.372 e. The molecule has 1 atom stereocenters. The number of nitrogens with zero attached hydrogens (tertiary/aromatic N) is 1. The Hall–Kier alpha value is -1.60. The molecule has 1 unspecified atom stereocenters. The van der Waals surface area contributed by atoms with Crippen LogP contribution in [0.1, 0.15) is 37.5 Å². The summed E-state index contributed by atoms with van der Waals surface area (Å²) in [5.41, 5.74) is 3.61. The van der Waals surface area contributed by atoms with Gasteiger partial charge in [0, 0.05) is 19.6 Å². The normalized spacial score (nSPS) is 12.4. The first-order chi connectivity index (χ1) is 12.6. The van der Waals surface area contributed by atoms with Crippen LogP contribution in [0.3, 0.4) is 0 Å². The van der Waals surface area contributed by atoms with Crippen LogP contribution in [0.4, 0.5) is 0 Å². The Balaban J connectivity index is 0.00000364. The molecule has 0 aliphatic heterocycles. The number of aliphatic imine (C=N–C) groups is 1. The molecule has 0 amide bonds. The zero-order valence-corrected chi connectivity index (χ0v) is 19.1. The molecule has 0 heterocycles. The number of halogens is 1. The standard InChI is InChI=1S/C22H31N3O.HI/c1-17(2)18(3)25-22(23-4)24-14-20-12-8-9-13-21(20)16-26-15-19-10-6-5-7-11-19;/h5-13,17-18H,14-16H2,1-4H3,(H2,23,24,25);1H. The monoisotopic (exact) mass is 481 g/mol. The van der Waals surface area contributed by atoms with Gasteiger partial charge in [-0.2, -0.15) is 0 Å². The van der Waals surface area contributed by atoms with E-state index in [0.717, 1.165) is 12.5 Å². The van der Waals surface area contributed by atoms with E-state index in [-0.39, 0.29) is 24.0 Å². The zero-order chi connectivity index (χ0) is 18.8. The highest BCUT2D eigenvalue weighted by Crippen LogP contribution is 2.12. The van der Waals surface area contributed by atoms with Crippen molar-refractivity contribution < 1.29 is 4.74 Å². The predicted molar refractivity (Wildman–Crippen MR) is 124 cm³/mol. The minimum absolute atomic E-state index is 0. The van der Waals surface area contributed by atoms with Gasteiger partial charge in [0.25, 0.3) is 0 Å². The summed E-state index contributed by atoms with van der Waals surface area (Å²) in [5.74, 6) is 1.37. The first-order valence-electron chi connectivity index (χ1n) is 9.25. The van der Waals surface area contributed by atoms with E-state index in [1.807, 2.05) is 18.2 Å².